The second-order valence-corrected chi connectivity index (χ2v) is 5.44. The highest BCUT2D eigenvalue weighted by Gasteiger charge is 2.21. The van der Waals surface area contributed by atoms with E-state index in [9.17, 15) is 0 Å². The van der Waals surface area contributed by atoms with Gasteiger partial charge in [-0.15, -0.1) is 0 Å². The van der Waals surface area contributed by atoms with Crippen molar-refractivity contribution < 1.29 is 0 Å². The molecule has 0 aromatic carbocycles. The average molecular weight is 219 g/mol. The minimum Gasteiger partial charge on any atom is -0.0797 e. The highest BCUT2D eigenvalue weighted by atomic mass is 14.3. The van der Waals surface area contributed by atoms with Crippen molar-refractivity contribution in [2.45, 2.75) is 65.7 Å². The second kappa shape index (κ2) is 6.93. The lowest BCUT2D eigenvalue weighted by Gasteiger charge is -2.27. The van der Waals surface area contributed by atoms with Gasteiger partial charge in [0, 0.05) is 0 Å². The molecule has 0 saturated carbocycles. The van der Waals surface area contributed by atoms with Crippen LogP contribution in [-0.4, -0.2) is 0 Å². The fourth-order valence-corrected chi connectivity index (χ4v) is 2.48. The molecule has 0 heterocycles. The zero-order chi connectivity index (χ0) is 11.9. The van der Waals surface area contributed by atoms with E-state index < -0.39 is 0 Å². The van der Waals surface area contributed by atoms with Crippen molar-refractivity contribution in [2.75, 3.05) is 0 Å². The first kappa shape index (κ1) is 13.5. The predicted molar refractivity (Wildman–Crippen MR) is 73.3 cm³/mol. The van der Waals surface area contributed by atoms with Crippen LogP contribution in [0.5, 0.6) is 0 Å². The molecular formula is C16H27. The summed E-state index contributed by atoms with van der Waals surface area (Å²) in [5.41, 5.74) is 1.74. The summed E-state index contributed by atoms with van der Waals surface area (Å²) in [5.74, 6) is 0. The molecule has 91 valence electrons. The number of hydrogen-bond acceptors (Lipinski definition) is 0. The van der Waals surface area contributed by atoms with Gasteiger partial charge in [0.15, 0.2) is 0 Å². The van der Waals surface area contributed by atoms with Crippen molar-refractivity contribution in [3.8, 4) is 0 Å². The maximum absolute atomic E-state index is 2.42. The molecule has 0 bridgehead atoms. The summed E-state index contributed by atoms with van der Waals surface area (Å²) in [5, 5.41) is 0. The monoisotopic (exact) mass is 219 g/mol. The van der Waals surface area contributed by atoms with Crippen molar-refractivity contribution in [3.05, 3.63) is 30.2 Å². The Morgan fingerprint density at radius 2 is 1.75 bits per heavy atom. The Morgan fingerprint density at radius 3 is 2.44 bits per heavy atom. The van der Waals surface area contributed by atoms with Crippen molar-refractivity contribution in [2.24, 2.45) is 5.41 Å². The Bertz CT molecular complexity index is 247. The van der Waals surface area contributed by atoms with E-state index >= 15 is 0 Å². The molecule has 0 nitrogen and oxygen atoms in total. The molecule has 16 heavy (non-hydrogen) atoms. The van der Waals surface area contributed by atoms with Crippen LogP contribution in [-0.2, 0) is 0 Å². The number of allylic oxidation sites excluding steroid dienone is 4. The van der Waals surface area contributed by atoms with Crippen LogP contribution >= 0.6 is 0 Å². The van der Waals surface area contributed by atoms with Gasteiger partial charge in [0.05, 0.1) is 0 Å². The van der Waals surface area contributed by atoms with E-state index in [1.165, 1.54) is 50.5 Å². The lowest BCUT2D eigenvalue weighted by Crippen LogP contribution is -2.15. The summed E-state index contributed by atoms with van der Waals surface area (Å²) in [6.45, 7) is 6.83. The van der Waals surface area contributed by atoms with Gasteiger partial charge in [0.1, 0.15) is 0 Å². The van der Waals surface area contributed by atoms with Crippen LogP contribution in [0, 0.1) is 11.8 Å². The van der Waals surface area contributed by atoms with Crippen molar-refractivity contribution in [3.63, 3.8) is 0 Å². The fourth-order valence-electron chi connectivity index (χ4n) is 2.48. The lowest BCUT2D eigenvalue weighted by molar-refractivity contribution is 0.431. The molecule has 0 fully saturated rings. The number of rotatable bonds is 7. The first-order chi connectivity index (χ1) is 7.66. The molecule has 0 amide bonds. The fraction of sp³-hybridized carbons (Fsp3) is 0.688. The van der Waals surface area contributed by atoms with Gasteiger partial charge in [0.25, 0.3) is 0 Å². The first-order valence-corrected chi connectivity index (χ1v) is 6.88. The third-order valence-electron chi connectivity index (χ3n) is 3.46. The van der Waals surface area contributed by atoms with E-state index in [4.69, 9.17) is 0 Å². The molecule has 0 aromatic rings. The van der Waals surface area contributed by atoms with E-state index in [1.54, 1.807) is 0 Å². The molecule has 1 aliphatic rings. The predicted octanol–water partition coefficient (Wildman–Crippen LogP) is 5.46. The van der Waals surface area contributed by atoms with Gasteiger partial charge in [-0.3, -0.25) is 0 Å². The summed E-state index contributed by atoms with van der Waals surface area (Å²) in [6, 6.07) is 0. The topological polar surface area (TPSA) is 0 Å². The molecule has 0 aliphatic heterocycles. The Kier molecular flexibility index (Phi) is 5.87. The Hall–Kier alpha value is -0.520. The van der Waals surface area contributed by atoms with Gasteiger partial charge in [-0.1, -0.05) is 76.2 Å². The van der Waals surface area contributed by atoms with Crippen molar-refractivity contribution in [1.29, 1.82) is 0 Å². The normalized spacial score (nSPS) is 24.6. The van der Waals surface area contributed by atoms with E-state index in [1.807, 2.05) is 0 Å². The maximum atomic E-state index is 2.42. The molecule has 1 rings (SSSR count). The summed E-state index contributed by atoms with van der Waals surface area (Å²) in [4.78, 5) is 0. The molecule has 1 radical (unpaired) electrons. The van der Waals surface area contributed by atoms with Crippen molar-refractivity contribution in [1.82, 2.24) is 0 Å². The van der Waals surface area contributed by atoms with Crippen LogP contribution in [0.3, 0.4) is 0 Å². The Labute approximate surface area is 102 Å². The molecule has 0 spiro atoms. The zero-order valence-electron chi connectivity index (χ0n) is 11.3. The standard InChI is InChI=1S/C16H27/c1-4-5-6-7-8-9-12-16(3)13-10-11-15(2)14-16/h10-11,13-14H,4-9,12H2,1-3H3. The molecule has 0 saturated heterocycles. The van der Waals surface area contributed by atoms with Crippen LogP contribution in [0.1, 0.15) is 65.7 Å². The SMILES string of the molecule is CCCCCCCCC1(C)[CH]C=CC(C)=C1. The Morgan fingerprint density at radius 1 is 1.06 bits per heavy atom. The van der Waals surface area contributed by atoms with Crippen molar-refractivity contribution >= 4 is 0 Å². The number of unbranched alkanes of at least 4 members (excludes halogenated alkanes) is 5. The minimum absolute atomic E-state index is 0.323. The molecule has 0 aromatic heterocycles. The van der Waals surface area contributed by atoms with E-state index in [2.05, 4.69) is 45.4 Å². The lowest BCUT2D eigenvalue weighted by atomic mass is 9.77. The van der Waals surface area contributed by atoms with Crippen LogP contribution in [0.2, 0.25) is 0 Å². The third-order valence-corrected chi connectivity index (χ3v) is 3.46. The molecule has 0 heteroatoms. The van der Waals surface area contributed by atoms with Crippen LogP contribution < -0.4 is 0 Å². The van der Waals surface area contributed by atoms with Gasteiger partial charge in [0.2, 0.25) is 0 Å². The number of hydrogen-bond donors (Lipinski definition) is 0. The maximum Gasteiger partial charge on any atom is -0.00701 e. The largest absolute Gasteiger partial charge is 0.0797 e. The van der Waals surface area contributed by atoms with E-state index in [-0.39, 0.29) is 0 Å². The first-order valence-electron chi connectivity index (χ1n) is 6.88. The minimum atomic E-state index is 0.323. The highest BCUT2D eigenvalue weighted by Crippen LogP contribution is 2.34. The quantitative estimate of drug-likeness (QED) is 0.498. The third kappa shape index (κ3) is 5.01. The summed E-state index contributed by atoms with van der Waals surface area (Å²) >= 11 is 0. The van der Waals surface area contributed by atoms with Crippen LogP contribution in [0.4, 0.5) is 0 Å². The molecule has 0 N–H and O–H groups in total. The molecular weight excluding hydrogens is 192 g/mol. The smallest absolute Gasteiger partial charge is 0.00701 e. The second-order valence-electron chi connectivity index (χ2n) is 5.44. The van der Waals surface area contributed by atoms with Gasteiger partial charge >= 0.3 is 0 Å². The summed E-state index contributed by atoms with van der Waals surface area (Å²) in [7, 11) is 0. The van der Waals surface area contributed by atoms with Gasteiger partial charge < -0.3 is 0 Å². The summed E-state index contributed by atoms with van der Waals surface area (Å²) < 4.78 is 0. The van der Waals surface area contributed by atoms with E-state index in [0.29, 0.717) is 5.41 Å². The van der Waals surface area contributed by atoms with Crippen LogP contribution in [0.25, 0.3) is 0 Å². The highest BCUT2D eigenvalue weighted by molar-refractivity contribution is 5.30. The molecule has 1 atom stereocenters. The van der Waals surface area contributed by atoms with Gasteiger partial charge in [-0.2, -0.15) is 0 Å². The summed E-state index contributed by atoms with van der Waals surface area (Å²) in [6.07, 6.45) is 18.9. The average Bonchev–Trinajstić information content (AvgIpc) is 2.23. The van der Waals surface area contributed by atoms with Gasteiger partial charge in [-0.05, 0) is 25.2 Å². The van der Waals surface area contributed by atoms with Gasteiger partial charge in [-0.25, -0.2) is 0 Å². The molecule has 1 aliphatic carbocycles. The van der Waals surface area contributed by atoms with Crippen LogP contribution in [0.15, 0.2) is 23.8 Å². The molecule has 1 unspecified atom stereocenters. The zero-order valence-corrected chi connectivity index (χ0v) is 11.3. The van der Waals surface area contributed by atoms with E-state index in [0.717, 1.165) is 0 Å². The Balaban J connectivity index is 2.15.